The van der Waals surface area contributed by atoms with Crippen LogP contribution >= 0.6 is 46.8 Å². The Balaban J connectivity index is 1.62. The molecular weight excluding hydrogens is 449 g/mol. The molecule has 0 aliphatic carbocycles. The fraction of sp³-hybridized carbons (Fsp3) is 0.150. The van der Waals surface area contributed by atoms with Crippen molar-refractivity contribution >= 4 is 85.1 Å². The summed E-state index contributed by atoms with van der Waals surface area (Å²) in [6.07, 6.45) is 1.26. The molecule has 5 nitrogen and oxygen atoms in total. The van der Waals surface area contributed by atoms with Crippen molar-refractivity contribution in [2.75, 3.05) is 10.6 Å². The lowest BCUT2D eigenvalue weighted by atomic mass is 10.2. The zero-order chi connectivity index (χ0) is 21.0. The lowest BCUT2D eigenvalue weighted by Crippen LogP contribution is -2.33. The number of rotatable bonds is 5. The standard InChI is InChI=1S/C20H17Cl2N3O2S2/c1-2-3-16(26)23-12-5-7-13(8-6-12)24-20(28)25-19(27)18-17(22)14-9-4-11(21)10-15(14)29-18/h4-10H,2-3H2,1H3,(H,23,26)(H2,24,25,27,28). The third kappa shape index (κ3) is 5.45. The van der Waals surface area contributed by atoms with E-state index < -0.39 is 5.91 Å². The second kappa shape index (κ2) is 9.54. The van der Waals surface area contributed by atoms with Gasteiger partial charge in [0.15, 0.2) is 5.11 Å². The molecule has 0 bridgehead atoms. The number of carbonyl (C=O) groups excluding carboxylic acids is 2. The maximum atomic E-state index is 12.6. The van der Waals surface area contributed by atoms with Crippen LogP contribution in [-0.2, 0) is 4.79 Å². The Kier molecular flexibility index (Phi) is 7.08. The van der Waals surface area contributed by atoms with Gasteiger partial charge in [0, 0.05) is 32.9 Å². The van der Waals surface area contributed by atoms with Gasteiger partial charge in [0.1, 0.15) is 4.88 Å². The van der Waals surface area contributed by atoms with Gasteiger partial charge in [-0.15, -0.1) is 11.3 Å². The molecule has 3 aromatic rings. The van der Waals surface area contributed by atoms with Crippen molar-refractivity contribution in [3.05, 3.63) is 57.4 Å². The first kappa shape index (κ1) is 21.5. The SMILES string of the molecule is CCCC(=O)Nc1ccc(NC(=S)NC(=O)c2sc3cc(Cl)ccc3c2Cl)cc1. The third-order valence-corrected chi connectivity index (χ3v) is 6.02. The first-order valence-corrected chi connectivity index (χ1v) is 10.7. The van der Waals surface area contributed by atoms with Crippen molar-refractivity contribution in [3.63, 3.8) is 0 Å². The molecule has 0 aliphatic heterocycles. The molecule has 0 radical (unpaired) electrons. The molecule has 150 valence electrons. The quantitative estimate of drug-likeness (QED) is 0.399. The van der Waals surface area contributed by atoms with Gasteiger partial charge in [0.2, 0.25) is 5.91 Å². The molecular formula is C20H17Cl2N3O2S2. The summed E-state index contributed by atoms with van der Waals surface area (Å²) in [5.41, 5.74) is 1.37. The number of carbonyl (C=O) groups is 2. The maximum Gasteiger partial charge on any atom is 0.269 e. The van der Waals surface area contributed by atoms with E-state index in [1.54, 1.807) is 42.5 Å². The Morgan fingerprint density at radius 2 is 1.69 bits per heavy atom. The third-order valence-electron chi connectivity index (χ3n) is 3.93. The Morgan fingerprint density at radius 3 is 2.34 bits per heavy atom. The van der Waals surface area contributed by atoms with Gasteiger partial charge >= 0.3 is 0 Å². The normalized spacial score (nSPS) is 10.6. The van der Waals surface area contributed by atoms with Crippen LogP contribution in [0, 0.1) is 0 Å². The minimum absolute atomic E-state index is 0.0301. The number of thiophene rings is 1. The van der Waals surface area contributed by atoms with E-state index in [0.29, 0.717) is 32.7 Å². The zero-order valence-corrected chi connectivity index (χ0v) is 18.5. The van der Waals surface area contributed by atoms with Gasteiger partial charge in [-0.2, -0.15) is 0 Å². The Morgan fingerprint density at radius 1 is 1.03 bits per heavy atom. The lowest BCUT2D eigenvalue weighted by molar-refractivity contribution is -0.116. The summed E-state index contributed by atoms with van der Waals surface area (Å²) < 4.78 is 0.826. The van der Waals surface area contributed by atoms with Gasteiger partial charge in [-0.25, -0.2) is 0 Å². The van der Waals surface area contributed by atoms with Gasteiger partial charge in [-0.1, -0.05) is 36.2 Å². The second-order valence-electron chi connectivity index (χ2n) is 6.17. The molecule has 3 rings (SSSR count). The van der Waals surface area contributed by atoms with Gasteiger partial charge in [0.05, 0.1) is 5.02 Å². The predicted octanol–water partition coefficient (Wildman–Crippen LogP) is 6.07. The molecule has 9 heteroatoms. The number of hydrogen-bond acceptors (Lipinski definition) is 4. The fourth-order valence-corrected chi connectivity index (χ4v) is 4.49. The molecule has 0 saturated heterocycles. The highest BCUT2D eigenvalue weighted by atomic mass is 35.5. The average Bonchev–Trinajstić information content (AvgIpc) is 2.99. The highest BCUT2D eigenvalue weighted by Gasteiger charge is 2.18. The summed E-state index contributed by atoms with van der Waals surface area (Å²) in [5.74, 6) is -0.425. The summed E-state index contributed by atoms with van der Waals surface area (Å²) in [6.45, 7) is 1.95. The van der Waals surface area contributed by atoms with Gasteiger partial charge in [-0.05, 0) is 55.0 Å². The maximum absolute atomic E-state index is 12.6. The molecule has 0 spiro atoms. The van der Waals surface area contributed by atoms with Crippen LogP contribution < -0.4 is 16.0 Å². The van der Waals surface area contributed by atoms with E-state index in [1.165, 1.54) is 11.3 Å². The number of anilines is 2. The first-order valence-electron chi connectivity index (χ1n) is 8.77. The summed E-state index contributed by atoms with van der Waals surface area (Å²) in [7, 11) is 0. The second-order valence-corrected chi connectivity index (χ2v) is 8.44. The number of nitrogens with one attached hydrogen (secondary N) is 3. The van der Waals surface area contributed by atoms with Crippen LogP contribution in [0.25, 0.3) is 10.1 Å². The van der Waals surface area contributed by atoms with Gasteiger partial charge in [0.25, 0.3) is 5.91 Å². The van der Waals surface area contributed by atoms with Crippen LogP contribution in [0.5, 0.6) is 0 Å². The fourth-order valence-electron chi connectivity index (χ4n) is 2.59. The van der Waals surface area contributed by atoms with E-state index in [0.717, 1.165) is 16.5 Å². The molecule has 0 aliphatic rings. The van der Waals surface area contributed by atoms with Crippen molar-refractivity contribution in [2.24, 2.45) is 0 Å². The molecule has 29 heavy (non-hydrogen) atoms. The molecule has 2 aromatic carbocycles. The molecule has 0 fully saturated rings. The molecule has 3 N–H and O–H groups in total. The van der Waals surface area contributed by atoms with Crippen molar-refractivity contribution in [2.45, 2.75) is 19.8 Å². The molecule has 0 saturated carbocycles. The minimum Gasteiger partial charge on any atom is -0.332 e. The van der Waals surface area contributed by atoms with Gasteiger partial charge in [-0.3, -0.25) is 14.9 Å². The van der Waals surface area contributed by atoms with Crippen LogP contribution in [0.3, 0.4) is 0 Å². The predicted molar refractivity (Wildman–Crippen MR) is 126 cm³/mol. The van der Waals surface area contributed by atoms with E-state index in [-0.39, 0.29) is 11.0 Å². The van der Waals surface area contributed by atoms with Crippen LogP contribution in [0.2, 0.25) is 10.0 Å². The monoisotopic (exact) mass is 465 g/mol. The smallest absolute Gasteiger partial charge is 0.269 e. The summed E-state index contributed by atoms with van der Waals surface area (Å²) in [5, 5.41) is 10.2. The van der Waals surface area contributed by atoms with Crippen LogP contribution in [0.15, 0.2) is 42.5 Å². The van der Waals surface area contributed by atoms with E-state index >= 15 is 0 Å². The van der Waals surface area contributed by atoms with Crippen LogP contribution in [-0.4, -0.2) is 16.9 Å². The first-order chi connectivity index (χ1) is 13.9. The van der Waals surface area contributed by atoms with E-state index in [4.69, 9.17) is 35.4 Å². The van der Waals surface area contributed by atoms with Crippen LogP contribution in [0.4, 0.5) is 11.4 Å². The molecule has 0 unspecified atom stereocenters. The Hall–Kier alpha value is -2.19. The van der Waals surface area contributed by atoms with Crippen molar-refractivity contribution < 1.29 is 9.59 Å². The lowest BCUT2D eigenvalue weighted by Gasteiger charge is -2.10. The largest absolute Gasteiger partial charge is 0.332 e. The number of amides is 2. The molecule has 0 atom stereocenters. The van der Waals surface area contributed by atoms with Crippen molar-refractivity contribution in [1.82, 2.24) is 5.32 Å². The summed E-state index contributed by atoms with van der Waals surface area (Å²) in [4.78, 5) is 24.6. The van der Waals surface area contributed by atoms with Crippen molar-refractivity contribution in [3.8, 4) is 0 Å². The highest BCUT2D eigenvalue weighted by Crippen LogP contribution is 2.36. The number of fused-ring (bicyclic) bond motifs is 1. The topological polar surface area (TPSA) is 70.2 Å². The van der Waals surface area contributed by atoms with E-state index in [2.05, 4.69) is 16.0 Å². The highest BCUT2D eigenvalue weighted by molar-refractivity contribution is 7.80. The summed E-state index contributed by atoms with van der Waals surface area (Å²) >= 11 is 18.8. The Labute approximate surface area is 187 Å². The van der Waals surface area contributed by atoms with Gasteiger partial charge < -0.3 is 10.6 Å². The zero-order valence-electron chi connectivity index (χ0n) is 15.3. The molecule has 1 aromatic heterocycles. The average molecular weight is 466 g/mol. The summed E-state index contributed by atoms with van der Waals surface area (Å²) in [6, 6.07) is 12.3. The van der Waals surface area contributed by atoms with E-state index in [9.17, 15) is 9.59 Å². The number of hydrogen-bond donors (Lipinski definition) is 3. The minimum atomic E-state index is -0.395. The number of halogens is 2. The van der Waals surface area contributed by atoms with E-state index in [1.807, 2.05) is 6.92 Å². The van der Waals surface area contributed by atoms with Crippen molar-refractivity contribution in [1.29, 1.82) is 0 Å². The number of benzene rings is 2. The molecule has 1 heterocycles. The number of thiocarbonyl (C=S) groups is 1. The molecule has 2 amide bonds. The van der Waals surface area contributed by atoms with Crippen LogP contribution in [0.1, 0.15) is 29.4 Å². The Bertz CT molecular complexity index is 1080.